The summed E-state index contributed by atoms with van der Waals surface area (Å²) in [5.74, 6) is 0. The van der Waals surface area contributed by atoms with Crippen molar-refractivity contribution in [2.24, 2.45) is 4.99 Å². The van der Waals surface area contributed by atoms with Crippen LogP contribution in [0.15, 0.2) is 151 Å². The quantitative estimate of drug-likeness (QED) is 0.200. The first kappa shape index (κ1) is 28.7. The van der Waals surface area contributed by atoms with E-state index in [0.717, 1.165) is 94.8 Å². The van der Waals surface area contributed by atoms with E-state index >= 15 is 0 Å². The van der Waals surface area contributed by atoms with Crippen LogP contribution in [-0.2, 0) is 0 Å². The van der Waals surface area contributed by atoms with Crippen LogP contribution >= 0.6 is 0 Å². The second-order valence-corrected chi connectivity index (χ2v) is 12.4. The molecule has 49 heavy (non-hydrogen) atoms. The third kappa shape index (κ3) is 5.02. The molecule has 5 heterocycles. The van der Waals surface area contributed by atoms with Gasteiger partial charge in [0, 0.05) is 56.1 Å². The van der Waals surface area contributed by atoms with Crippen molar-refractivity contribution in [1.29, 1.82) is 0 Å². The maximum Gasteiger partial charge on any atom is 0.0765 e. The second kappa shape index (κ2) is 11.9. The topological polar surface area (TPSA) is 56.8 Å². The lowest BCUT2D eigenvalue weighted by atomic mass is 9.96. The molecule has 2 aliphatic heterocycles. The zero-order chi connectivity index (χ0) is 32.7. The van der Waals surface area contributed by atoms with Crippen molar-refractivity contribution in [3.8, 4) is 44.5 Å². The van der Waals surface area contributed by atoms with Crippen LogP contribution in [0.3, 0.4) is 0 Å². The van der Waals surface area contributed by atoms with E-state index in [-0.39, 0.29) is 0 Å². The molecule has 0 aliphatic carbocycles. The standard InChI is InChI=1S/C45H32N4/c1-29-34-28-46-45(29)44(33-20-12-5-13-21-33)40-27-26-39(49-40)43(32-18-10-4-11-19-32)38-25-24-37(48-38)42(31-16-8-3-9-17-31)36-23-22-35(47-36)41(34)30-14-6-2-7-15-30/h2-28,47,49H,1H3. The van der Waals surface area contributed by atoms with Crippen LogP contribution < -0.4 is 0 Å². The number of hydrogen-bond donors (Lipinski definition) is 2. The minimum absolute atomic E-state index is 0.907. The normalized spacial score (nSPS) is 12.0. The predicted molar refractivity (Wildman–Crippen MR) is 206 cm³/mol. The molecule has 2 aliphatic rings. The molecule has 0 fully saturated rings. The summed E-state index contributed by atoms with van der Waals surface area (Å²) in [5.41, 5.74) is 17.7. The van der Waals surface area contributed by atoms with Crippen LogP contribution in [0.1, 0.15) is 22.5 Å². The van der Waals surface area contributed by atoms with Crippen molar-refractivity contribution in [3.63, 3.8) is 0 Å². The number of nitrogens with zero attached hydrogens (tertiary/aromatic N) is 2. The van der Waals surface area contributed by atoms with E-state index in [9.17, 15) is 0 Å². The Labute approximate surface area is 284 Å². The minimum Gasteiger partial charge on any atom is -0.354 e. The summed E-state index contributed by atoms with van der Waals surface area (Å²) >= 11 is 0. The van der Waals surface area contributed by atoms with E-state index in [2.05, 4.69) is 175 Å². The number of H-pyrrole nitrogens is 2. The first-order valence-corrected chi connectivity index (χ1v) is 16.6. The maximum absolute atomic E-state index is 5.36. The average molecular weight is 629 g/mol. The molecule has 4 aromatic carbocycles. The van der Waals surface area contributed by atoms with Crippen molar-refractivity contribution in [3.05, 3.63) is 168 Å². The number of aromatic nitrogens is 3. The number of fused-ring (bicyclic) bond motifs is 8. The van der Waals surface area contributed by atoms with Gasteiger partial charge in [-0.05, 0) is 71.2 Å². The summed E-state index contributed by atoms with van der Waals surface area (Å²) in [6, 6.07) is 50.9. The Morgan fingerprint density at radius 3 is 1.22 bits per heavy atom. The first-order valence-electron chi connectivity index (χ1n) is 16.6. The molecule has 0 saturated carbocycles. The van der Waals surface area contributed by atoms with Gasteiger partial charge in [-0.2, -0.15) is 0 Å². The van der Waals surface area contributed by atoms with E-state index in [1.807, 2.05) is 6.21 Å². The fourth-order valence-corrected chi connectivity index (χ4v) is 7.15. The molecule has 232 valence electrons. The van der Waals surface area contributed by atoms with Gasteiger partial charge in [-0.15, -0.1) is 0 Å². The number of aliphatic imine (C=N–C) groups is 1. The highest BCUT2D eigenvalue weighted by Crippen LogP contribution is 2.42. The lowest BCUT2D eigenvalue weighted by molar-refractivity contribution is 1.32. The molecule has 0 radical (unpaired) electrons. The molecule has 0 amide bonds. The highest BCUT2D eigenvalue weighted by atomic mass is 14.8. The Morgan fingerprint density at radius 1 is 0.408 bits per heavy atom. The van der Waals surface area contributed by atoms with Gasteiger partial charge < -0.3 is 9.97 Å². The summed E-state index contributed by atoms with van der Waals surface area (Å²) in [6.07, 6.45) is 6.32. The number of benzene rings is 4. The summed E-state index contributed by atoms with van der Waals surface area (Å²) in [5, 5.41) is 0. The Balaban J connectivity index is 1.51. The van der Waals surface area contributed by atoms with Crippen LogP contribution in [0.5, 0.6) is 0 Å². The second-order valence-electron chi connectivity index (χ2n) is 12.4. The summed E-state index contributed by atoms with van der Waals surface area (Å²) < 4.78 is 0. The summed E-state index contributed by atoms with van der Waals surface area (Å²) in [7, 11) is 0. The minimum atomic E-state index is 0.907. The molecule has 0 saturated heterocycles. The molecule has 0 unspecified atom stereocenters. The van der Waals surface area contributed by atoms with Gasteiger partial charge in [0.15, 0.2) is 0 Å². The lowest BCUT2D eigenvalue weighted by Crippen LogP contribution is -1.89. The molecule has 4 heteroatoms. The van der Waals surface area contributed by atoms with Gasteiger partial charge in [-0.25, -0.2) is 4.98 Å². The molecule has 9 rings (SSSR count). The van der Waals surface area contributed by atoms with Gasteiger partial charge in [0.05, 0.1) is 17.1 Å². The fraction of sp³-hybridized carbons (Fsp3) is 0.0222. The number of nitrogens with one attached hydrogen (secondary N) is 2. The van der Waals surface area contributed by atoms with Gasteiger partial charge in [-0.1, -0.05) is 121 Å². The van der Waals surface area contributed by atoms with Crippen molar-refractivity contribution >= 4 is 46.1 Å². The van der Waals surface area contributed by atoms with Gasteiger partial charge in [0.2, 0.25) is 0 Å². The first-order chi connectivity index (χ1) is 24.2. The molecule has 2 N–H and O–H groups in total. The fourth-order valence-electron chi connectivity index (χ4n) is 7.15. The number of rotatable bonds is 4. The molecule has 0 atom stereocenters. The molecule has 4 nitrogen and oxygen atoms in total. The van der Waals surface area contributed by atoms with Gasteiger partial charge in [0.25, 0.3) is 0 Å². The van der Waals surface area contributed by atoms with E-state index < -0.39 is 0 Å². The number of aromatic amines is 2. The smallest absolute Gasteiger partial charge is 0.0765 e. The highest BCUT2D eigenvalue weighted by molar-refractivity contribution is 6.07. The van der Waals surface area contributed by atoms with Crippen molar-refractivity contribution < 1.29 is 0 Å². The Morgan fingerprint density at radius 2 is 0.776 bits per heavy atom. The largest absolute Gasteiger partial charge is 0.354 e. The van der Waals surface area contributed by atoms with Crippen molar-refractivity contribution in [1.82, 2.24) is 15.0 Å². The lowest BCUT2D eigenvalue weighted by Gasteiger charge is -2.08. The molecule has 7 aromatic rings. The van der Waals surface area contributed by atoms with Crippen LogP contribution in [-0.4, -0.2) is 21.2 Å². The summed E-state index contributed by atoms with van der Waals surface area (Å²) in [6.45, 7) is 2.19. The molecule has 3 aromatic heterocycles. The third-order valence-corrected chi connectivity index (χ3v) is 9.44. The SMILES string of the molecule is Cc1c2c(-c3ccccc3)c3ccc([nH]3)c(-c3ccccc3)c3nc(c(-c4ccccc4)c4ccc([nH]4)c(-c4ccccc4)c1N=C2)C=C3. The predicted octanol–water partition coefficient (Wildman–Crippen LogP) is 11.8. The monoisotopic (exact) mass is 628 g/mol. The maximum atomic E-state index is 5.36. The van der Waals surface area contributed by atoms with E-state index in [0.29, 0.717) is 0 Å². The van der Waals surface area contributed by atoms with E-state index in [1.165, 1.54) is 0 Å². The van der Waals surface area contributed by atoms with Crippen molar-refractivity contribution in [2.45, 2.75) is 6.92 Å². The molecule has 0 spiro atoms. The Bertz CT molecular complexity index is 2400. The van der Waals surface area contributed by atoms with E-state index in [4.69, 9.17) is 9.98 Å². The molecular weight excluding hydrogens is 597 g/mol. The van der Waals surface area contributed by atoms with E-state index in [1.54, 1.807) is 0 Å². The molecular formula is C45H32N4. The van der Waals surface area contributed by atoms with Crippen LogP contribution in [0, 0.1) is 6.92 Å². The molecule has 8 bridgehead atoms. The van der Waals surface area contributed by atoms with Crippen molar-refractivity contribution in [2.75, 3.05) is 0 Å². The Hall–Kier alpha value is -6.52. The van der Waals surface area contributed by atoms with Crippen LogP contribution in [0.25, 0.3) is 78.7 Å². The zero-order valence-corrected chi connectivity index (χ0v) is 27.0. The van der Waals surface area contributed by atoms with Gasteiger partial charge in [-0.3, -0.25) is 4.99 Å². The van der Waals surface area contributed by atoms with Crippen LogP contribution in [0.2, 0.25) is 0 Å². The third-order valence-electron chi connectivity index (χ3n) is 9.44. The zero-order valence-electron chi connectivity index (χ0n) is 27.0. The van der Waals surface area contributed by atoms with Gasteiger partial charge in [0.1, 0.15) is 0 Å². The van der Waals surface area contributed by atoms with Gasteiger partial charge >= 0.3 is 0 Å². The summed E-state index contributed by atoms with van der Waals surface area (Å²) in [4.78, 5) is 18.2. The highest BCUT2D eigenvalue weighted by Gasteiger charge is 2.20. The Kier molecular flexibility index (Phi) is 6.98. The number of hydrogen-bond acceptors (Lipinski definition) is 2. The van der Waals surface area contributed by atoms with Crippen LogP contribution in [0.4, 0.5) is 5.69 Å². The average Bonchev–Trinajstić information content (AvgIpc) is 3.98.